The fourth-order valence-electron chi connectivity index (χ4n) is 5.14. The van der Waals surface area contributed by atoms with Crippen LogP contribution in [0.1, 0.15) is 79.8 Å². The van der Waals surface area contributed by atoms with Gasteiger partial charge >= 0.3 is 5.97 Å². The summed E-state index contributed by atoms with van der Waals surface area (Å²) in [6.45, 7) is 3.85. The van der Waals surface area contributed by atoms with E-state index in [0.717, 1.165) is 32.1 Å². The molecule has 36 heavy (non-hydrogen) atoms. The number of aryl methyl sites for hydroxylation is 1. The van der Waals surface area contributed by atoms with Crippen LogP contribution < -0.4 is 4.74 Å². The molecule has 4 rings (SSSR count). The number of hydrogen-bond acceptors (Lipinski definition) is 2. The summed E-state index contributed by atoms with van der Waals surface area (Å²) >= 11 is 0. The molecule has 3 aromatic rings. The molecule has 3 aromatic carbocycles. The van der Waals surface area contributed by atoms with Gasteiger partial charge in [-0.1, -0.05) is 57.0 Å². The van der Waals surface area contributed by atoms with Crippen LogP contribution >= 0.6 is 0 Å². The molecule has 1 fully saturated rings. The van der Waals surface area contributed by atoms with Crippen LogP contribution in [-0.4, -0.2) is 5.97 Å². The zero-order valence-corrected chi connectivity index (χ0v) is 20.6. The van der Waals surface area contributed by atoms with Gasteiger partial charge in [-0.2, -0.15) is 4.39 Å². The highest BCUT2D eigenvalue weighted by Gasteiger charge is 2.26. The molecular formula is C30H30F4O2. The van der Waals surface area contributed by atoms with Crippen molar-refractivity contribution in [2.24, 2.45) is 5.92 Å². The van der Waals surface area contributed by atoms with Crippen molar-refractivity contribution in [1.82, 2.24) is 0 Å². The van der Waals surface area contributed by atoms with Crippen LogP contribution in [0, 0.1) is 29.2 Å². The maximum Gasteiger partial charge on any atom is 0.343 e. The molecule has 0 aliphatic heterocycles. The first-order valence-corrected chi connectivity index (χ1v) is 12.6. The molecule has 0 saturated heterocycles. The van der Waals surface area contributed by atoms with Crippen LogP contribution in [0.5, 0.6) is 5.75 Å². The Labute approximate surface area is 209 Å². The lowest BCUT2D eigenvalue weighted by molar-refractivity contribution is 0.0726. The van der Waals surface area contributed by atoms with Crippen LogP contribution in [0.2, 0.25) is 0 Å². The van der Waals surface area contributed by atoms with E-state index in [2.05, 4.69) is 6.92 Å². The Morgan fingerprint density at radius 2 is 1.50 bits per heavy atom. The first kappa shape index (κ1) is 25.9. The summed E-state index contributed by atoms with van der Waals surface area (Å²) in [6, 6.07) is 11.5. The molecule has 0 aromatic heterocycles. The Kier molecular flexibility index (Phi) is 8.12. The number of hydrogen-bond donors (Lipinski definition) is 0. The molecular weight excluding hydrogens is 468 g/mol. The highest BCUT2D eigenvalue weighted by Crippen LogP contribution is 2.40. The van der Waals surface area contributed by atoms with Crippen molar-refractivity contribution in [3.05, 3.63) is 88.5 Å². The predicted octanol–water partition coefficient (Wildman–Crippen LogP) is 8.77. The number of rotatable bonds is 7. The van der Waals surface area contributed by atoms with Crippen molar-refractivity contribution in [1.29, 1.82) is 0 Å². The molecule has 0 amide bonds. The van der Waals surface area contributed by atoms with E-state index in [0.29, 0.717) is 23.5 Å². The largest absolute Gasteiger partial charge is 0.420 e. The Hall–Kier alpha value is -3.15. The molecule has 0 bridgehead atoms. The lowest BCUT2D eigenvalue weighted by atomic mass is 9.77. The molecule has 1 aliphatic rings. The standard InChI is InChI=1S/C30H30F4O2/c1-3-5-18-6-8-20(9-7-18)23-15-16-24(28(33)27(23)32)21-10-12-22(13-11-21)30(35)36-25-17-14-19(4-2)26(31)29(25)34/h10-18,20H,3-9H2,1-2H3. The van der Waals surface area contributed by atoms with Crippen molar-refractivity contribution in [3.63, 3.8) is 0 Å². The third-order valence-electron chi connectivity index (χ3n) is 7.24. The average Bonchev–Trinajstić information content (AvgIpc) is 2.89. The highest BCUT2D eigenvalue weighted by molar-refractivity contribution is 5.91. The van der Waals surface area contributed by atoms with E-state index in [1.807, 2.05) is 0 Å². The van der Waals surface area contributed by atoms with Crippen LogP contribution in [0.3, 0.4) is 0 Å². The molecule has 0 atom stereocenters. The van der Waals surface area contributed by atoms with Crippen molar-refractivity contribution >= 4 is 5.97 Å². The number of benzene rings is 3. The van der Waals surface area contributed by atoms with Gasteiger partial charge in [-0.3, -0.25) is 0 Å². The fraction of sp³-hybridized carbons (Fsp3) is 0.367. The lowest BCUT2D eigenvalue weighted by Gasteiger charge is -2.29. The monoisotopic (exact) mass is 498 g/mol. The Bertz CT molecular complexity index is 1230. The van der Waals surface area contributed by atoms with Gasteiger partial charge in [0.1, 0.15) is 0 Å². The zero-order valence-electron chi connectivity index (χ0n) is 20.6. The Balaban J connectivity index is 1.48. The van der Waals surface area contributed by atoms with Crippen molar-refractivity contribution in [2.75, 3.05) is 0 Å². The lowest BCUT2D eigenvalue weighted by Crippen LogP contribution is -2.15. The van der Waals surface area contributed by atoms with Gasteiger partial charge in [-0.05, 0) is 78.8 Å². The molecule has 1 saturated carbocycles. The minimum absolute atomic E-state index is 0.0235. The molecule has 190 valence electrons. The normalized spacial score (nSPS) is 17.7. The minimum Gasteiger partial charge on any atom is -0.420 e. The average molecular weight is 499 g/mol. The maximum absolute atomic E-state index is 15.0. The number of ether oxygens (including phenoxy) is 1. The molecule has 0 spiro atoms. The van der Waals surface area contributed by atoms with Gasteiger partial charge in [0, 0.05) is 5.56 Å². The molecule has 1 aliphatic carbocycles. The summed E-state index contributed by atoms with van der Waals surface area (Å²) in [5.41, 5.74) is 1.17. The topological polar surface area (TPSA) is 26.3 Å². The summed E-state index contributed by atoms with van der Waals surface area (Å²) in [5, 5.41) is 0. The smallest absolute Gasteiger partial charge is 0.343 e. The van der Waals surface area contributed by atoms with Gasteiger partial charge in [-0.15, -0.1) is 0 Å². The van der Waals surface area contributed by atoms with Gasteiger partial charge in [0.05, 0.1) is 5.56 Å². The third-order valence-corrected chi connectivity index (χ3v) is 7.24. The SMILES string of the molecule is CCCC1CCC(c2ccc(-c3ccc(C(=O)Oc4ccc(CC)c(F)c4F)cc3)c(F)c2F)CC1. The second-order valence-electron chi connectivity index (χ2n) is 9.51. The Morgan fingerprint density at radius 3 is 2.14 bits per heavy atom. The van der Waals surface area contributed by atoms with Crippen molar-refractivity contribution in [2.45, 2.75) is 64.7 Å². The van der Waals surface area contributed by atoms with E-state index < -0.39 is 35.0 Å². The first-order chi connectivity index (χ1) is 17.3. The van der Waals surface area contributed by atoms with Crippen molar-refractivity contribution in [3.8, 4) is 16.9 Å². The summed E-state index contributed by atoms with van der Waals surface area (Å²) < 4.78 is 63.3. The summed E-state index contributed by atoms with van der Waals surface area (Å²) in [7, 11) is 0. The van der Waals surface area contributed by atoms with E-state index in [1.54, 1.807) is 19.1 Å². The summed E-state index contributed by atoms with van der Waals surface area (Å²) in [4.78, 5) is 12.4. The molecule has 0 heterocycles. The van der Waals surface area contributed by atoms with E-state index >= 15 is 8.78 Å². The first-order valence-electron chi connectivity index (χ1n) is 12.6. The molecule has 6 heteroatoms. The van der Waals surface area contributed by atoms with Gasteiger partial charge in [0.2, 0.25) is 5.82 Å². The maximum atomic E-state index is 15.0. The quantitative estimate of drug-likeness (QED) is 0.185. The Morgan fingerprint density at radius 1 is 0.806 bits per heavy atom. The van der Waals surface area contributed by atoms with E-state index in [9.17, 15) is 13.6 Å². The van der Waals surface area contributed by atoms with Crippen molar-refractivity contribution < 1.29 is 27.1 Å². The van der Waals surface area contributed by atoms with Gasteiger partial charge in [0.25, 0.3) is 0 Å². The highest BCUT2D eigenvalue weighted by atomic mass is 19.2. The molecule has 2 nitrogen and oxygen atoms in total. The fourth-order valence-corrected chi connectivity index (χ4v) is 5.14. The number of esters is 1. The van der Waals surface area contributed by atoms with E-state index in [4.69, 9.17) is 4.74 Å². The van der Waals surface area contributed by atoms with Gasteiger partial charge in [-0.25, -0.2) is 18.0 Å². The van der Waals surface area contributed by atoms with E-state index in [-0.39, 0.29) is 22.6 Å². The van der Waals surface area contributed by atoms with E-state index in [1.165, 1.54) is 42.8 Å². The molecule has 0 radical (unpaired) electrons. The molecule has 0 unspecified atom stereocenters. The van der Waals surface area contributed by atoms with Gasteiger partial charge < -0.3 is 4.74 Å². The zero-order chi connectivity index (χ0) is 25.8. The predicted molar refractivity (Wildman–Crippen MR) is 132 cm³/mol. The van der Waals surface area contributed by atoms with Crippen LogP contribution in [-0.2, 0) is 6.42 Å². The minimum atomic E-state index is -1.23. The van der Waals surface area contributed by atoms with Crippen LogP contribution in [0.25, 0.3) is 11.1 Å². The van der Waals surface area contributed by atoms with Crippen LogP contribution in [0.4, 0.5) is 17.6 Å². The second-order valence-corrected chi connectivity index (χ2v) is 9.51. The second kappa shape index (κ2) is 11.3. The van der Waals surface area contributed by atoms with Gasteiger partial charge in [0.15, 0.2) is 23.2 Å². The number of halogens is 4. The number of carbonyl (C=O) groups is 1. The molecule has 0 N–H and O–H groups in total. The summed E-state index contributed by atoms with van der Waals surface area (Å²) in [5.74, 6) is -4.69. The third kappa shape index (κ3) is 5.32. The van der Waals surface area contributed by atoms with Crippen LogP contribution in [0.15, 0.2) is 48.5 Å². The number of carbonyl (C=O) groups excluding carboxylic acids is 1. The summed E-state index contributed by atoms with van der Waals surface area (Å²) in [6.07, 6.45) is 6.44.